The lowest BCUT2D eigenvalue weighted by molar-refractivity contribution is -0.0890. The molecule has 1 saturated heterocycles. The zero-order valence-corrected chi connectivity index (χ0v) is 12.4. The molecular formula is C14H19BrFNO. The number of likely N-dealkylation sites (N-methyl/N-ethyl adjacent to an activating group) is 1. The van der Waals surface area contributed by atoms with E-state index in [1.54, 1.807) is 6.07 Å². The molecule has 0 aliphatic carbocycles. The highest BCUT2D eigenvalue weighted by Crippen LogP contribution is 2.38. The summed E-state index contributed by atoms with van der Waals surface area (Å²) in [6.45, 7) is 2.82. The van der Waals surface area contributed by atoms with Crippen molar-refractivity contribution in [3.63, 3.8) is 0 Å². The minimum atomic E-state index is -0.339. The Kier molecular flexibility index (Phi) is 4.41. The van der Waals surface area contributed by atoms with Crippen molar-refractivity contribution in [2.24, 2.45) is 0 Å². The summed E-state index contributed by atoms with van der Waals surface area (Å²) in [7, 11) is 1.86. The molecule has 1 aliphatic heterocycles. The second-order valence-electron chi connectivity index (χ2n) is 4.98. The maximum absolute atomic E-state index is 14.2. The van der Waals surface area contributed by atoms with E-state index >= 15 is 0 Å². The molecule has 1 fully saturated rings. The zero-order chi connectivity index (χ0) is 13.2. The van der Waals surface area contributed by atoms with Gasteiger partial charge >= 0.3 is 0 Å². The minimum Gasteiger partial charge on any atom is -0.373 e. The second kappa shape index (κ2) is 5.68. The third-order valence-corrected chi connectivity index (χ3v) is 4.30. The van der Waals surface area contributed by atoms with E-state index in [4.69, 9.17) is 4.74 Å². The van der Waals surface area contributed by atoms with Crippen LogP contribution in [0.25, 0.3) is 0 Å². The minimum absolute atomic E-state index is 0.129. The first-order valence-corrected chi connectivity index (χ1v) is 7.13. The van der Waals surface area contributed by atoms with Crippen molar-refractivity contribution in [1.82, 2.24) is 5.32 Å². The van der Waals surface area contributed by atoms with Crippen LogP contribution >= 0.6 is 15.9 Å². The van der Waals surface area contributed by atoms with Crippen LogP contribution in [0, 0.1) is 5.82 Å². The molecule has 0 radical (unpaired) electrons. The quantitative estimate of drug-likeness (QED) is 0.916. The fourth-order valence-corrected chi connectivity index (χ4v) is 3.10. The first-order valence-electron chi connectivity index (χ1n) is 6.33. The molecule has 2 unspecified atom stereocenters. The van der Waals surface area contributed by atoms with Gasteiger partial charge in [0.05, 0.1) is 16.1 Å². The van der Waals surface area contributed by atoms with Gasteiger partial charge in [-0.2, -0.15) is 0 Å². The average Bonchev–Trinajstić information content (AvgIpc) is 2.36. The molecular weight excluding hydrogens is 297 g/mol. The van der Waals surface area contributed by atoms with Crippen LogP contribution in [0.15, 0.2) is 22.7 Å². The first kappa shape index (κ1) is 14.0. The van der Waals surface area contributed by atoms with E-state index in [0.717, 1.165) is 25.9 Å². The van der Waals surface area contributed by atoms with Gasteiger partial charge in [-0.15, -0.1) is 0 Å². The molecule has 1 N–H and O–H groups in total. The van der Waals surface area contributed by atoms with Gasteiger partial charge in [-0.05, 0) is 55.2 Å². The van der Waals surface area contributed by atoms with Gasteiger partial charge in [0, 0.05) is 12.2 Å². The van der Waals surface area contributed by atoms with Gasteiger partial charge in [-0.25, -0.2) is 4.39 Å². The summed E-state index contributed by atoms with van der Waals surface area (Å²) in [5.41, 5.74) is 0.325. The topological polar surface area (TPSA) is 21.3 Å². The van der Waals surface area contributed by atoms with Gasteiger partial charge in [0.15, 0.2) is 0 Å². The second-order valence-corrected chi connectivity index (χ2v) is 5.84. The summed E-state index contributed by atoms with van der Waals surface area (Å²) >= 11 is 3.24. The van der Waals surface area contributed by atoms with Gasteiger partial charge in [0.25, 0.3) is 0 Å². The molecule has 0 spiro atoms. The fraction of sp³-hybridized carbons (Fsp3) is 0.571. The molecule has 4 heteroatoms. The van der Waals surface area contributed by atoms with Crippen molar-refractivity contribution >= 4 is 15.9 Å². The molecule has 2 atom stereocenters. The van der Waals surface area contributed by atoms with Crippen LogP contribution in [-0.2, 0) is 4.74 Å². The van der Waals surface area contributed by atoms with E-state index in [9.17, 15) is 4.39 Å². The maximum Gasteiger partial charge on any atom is 0.142 e. The van der Waals surface area contributed by atoms with Gasteiger partial charge < -0.3 is 10.1 Å². The largest absolute Gasteiger partial charge is 0.373 e. The maximum atomic E-state index is 14.2. The highest BCUT2D eigenvalue weighted by molar-refractivity contribution is 9.10. The average molecular weight is 316 g/mol. The summed E-state index contributed by atoms with van der Waals surface area (Å²) in [6.07, 6.45) is 3.17. The Morgan fingerprint density at radius 3 is 2.83 bits per heavy atom. The monoisotopic (exact) mass is 315 g/mol. The Hall–Kier alpha value is -0.450. The van der Waals surface area contributed by atoms with E-state index in [2.05, 4.69) is 28.2 Å². The van der Waals surface area contributed by atoms with Crippen LogP contribution in [0.2, 0.25) is 0 Å². The predicted molar refractivity (Wildman–Crippen MR) is 74.1 cm³/mol. The summed E-state index contributed by atoms with van der Waals surface area (Å²) in [4.78, 5) is 0. The fourth-order valence-electron chi connectivity index (χ4n) is 2.72. The van der Waals surface area contributed by atoms with E-state index in [1.165, 1.54) is 0 Å². The Morgan fingerprint density at radius 1 is 1.44 bits per heavy atom. The third kappa shape index (κ3) is 2.60. The van der Waals surface area contributed by atoms with E-state index in [-0.39, 0.29) is 17.5 Å². The van der Waals surface area contributed by atoms with Gasteiger partial charge in [0.2, 0.25) is 0 Å². The number of hydrogen-bond acceptors (Lipinski definition) is 2. The molecule has 1 aliphatic rings. The summed E-state index contributed by atoms with van der Waals surface area (Å²) in [6, 6.07) is 5.27. The first-order chi connectivity index (χ1) is 8.58. The SMILES string of the molecule is CNC(c1cccc(Br)c1F)C1(C)CCCCO1. The van der Waals surface area contributed by atoms with Crippen molar-refractivity contribution < 1.29 is 9.13 Å². The van der Waals surface area contributed by atoms with Crippen LogP contribution in [0.3, 0.4) is 0 Å². The smallest absolute Gasteiger partial charge is 0.142 e. The molecule has 1 heterocycles. The molecule has 18 heavy (non-hydrogen) atoms. The zero-order valence-electron chi connectivity index (χ0n) is 10.8. The summed E-state index contributed by atoms with van der Waals surface area (Å²) in [5.74, 6) is -0.202. The standard InChI is InChI=1S/C14H19BrFNO/c1-14(8-3-4-9-18-14)13(17-2)10-6-5-7-11(15)12(10)16/h5-7,13,17H,3-4,8-9H2,1-2H3. The molecule has 0 aromatic heterocycles. The van der Waals surface area contributed by atoms with Gasteiger partial charge in [-0.1, -0.05) is 12.1 Å². The molecule has 0 saturated carbocycles. The van der Waals surface area contributed by atoms with Crippen LogP contribution < -0.4 is 5.32 Å². The van der Waals surface area contributed by atoms with Gasteiger partial charge in [0.1, 0.15) is 5.82 Å². The summed E-state index contributed by atoms with van der Waals surface area (Å²) < 4.78 is 20.6. The summed E-state index contributed by atoms with van der Waals surface area (Å²) in [5, 5.41) is 3.21. The Balaban J connectivity index is 2.35. The molecule has 1 aromatic carbocycles. The number of nitrogens with one attached hydrogen (secondary N) is 1. The van der Waals surface area contributed by atoms with Crippen LogP contribution in [0.5, 0.6) is 0 Å². The molecule has 0 amide bonds. The van der Waals surface area contributed by atoms with Crippen molar-refractivity contribution in [2.75, 3.05) is 13.7 Å². The van der Waals surface area contributed by atoms with E-state index in [0.29, 0.717) is 10.0 Å². The predicted octanol–water partition coefficient (Wildman–Crippen LogP) is 3.81. The Morgan fingerprint density at radius 2 is 2.22 bits per heavy atom. The van der Waals surface area contributed by atoms with E-state index < -0.39 is 0 Å². The number of ether oxygens (including phenoxy) is 1. The van der Waals surface area contributed by atoms with Crippen molar-refractivity contribution in [2.45, 2.75) is 37.8 Å². The van der Waals surface area contributed by atoms with Crippen LogP contribution in [-0.4, -0.2) is 19.3 Å². The lowest BCUT2D eigenvalue weighted by Crippen LogP contribution is -2.45. The number of hydrogen-bond donors (Lipinski definition) is 1. The Labute approximate surface area is 116 Å². The Bertz CT molecular complexity index is 418. The molecule has 100 valence electrons. The number of halogens is 2. The van der Waals surface area contributed by atoms with Crippen LogP contribution in [0.4, 0.5) is 4.39 Å². The lowest BCUT2D eigenvalue weighted by atomic mass is 9.84. The van der Waals surface area contributed by atoms with Crippen molar-refractivity contribution in [3.05, 3.63) is 34.1 Å². The van der Waals surface area contributed by atoms with Crippen molar-refractivity contribution in [1.29, 1.82) is 0 Å². The number of benzene rings is 1. The highest BCUT2D eigenvalue weighted by atomic mass is 79.9. The van der Waals surface area contributed by atoms with Crippen LogP contribution in [0.1, 0.15) is 37.8 Å². The molecule has 2 nitrogen and oxygen atoms in total. The van der Waals surface area contributed by atoms with Gasteiger partial charge in [-0.3, -0.25) is 0 Å². The lowest BCUT2D eigenvalue weighted by Gasteiger charge is -2.41. The molecule has 1 aromatic rings. The highest BCUT2D eigenvalue weighted by Gasteiger charge is 2.38. The van der Waals surface area contributed by atoms with E-state index in [1.807, 2.05) is 19.2 Å². The normalized spacial score (nSPS) is 26.0. The van der Waals surface area contributed by atoms with Crippen molar-refractivity contribution in [3.8, 4) is 0 Å². The molecule has 0 bridgehead atoms. The third-order valence-electron chi connectivity index (χ3n) is 3.69. The number of rotatable bonds is 3. The molecule has 2 rings (SSSR count).